The van der Waals surface area contributed by atoms with Gasteiger partial charge in [-0.15, -0.1) is 0 Å². The molecule has 8 N–H and O–H groups in total. The topological polar surface area (TPSA) is 179 Å². The van der Waals surface area contributed by atoms with Gasteiger partial charge in [-0.1, -0.05) is 12.2 Å². The molecule has 11 heteroatoms. The molecular formula is C15H28N4O6S. The summed E-state index contributed by atoms with van der Waals surface area (Å²) in [5.74, 6) is -4.36. The number of nitrogens with two attached hydrogens (primary N) is 2. The van der Waals surface area contributed by atoms with Gasteiger partial charge in [-0.05, 0) is 24.6 Å². The van der Waals surface area contributed by atoms with Gasteiger partial charge in [-0.3, -0.25) is 19.8 Å². The summed E-state index contributed by atoms with van der Waals surface area (Å²) in [4.78, 5) is 34.8. The zero-order chi connectivity index (χ0) is 20.4. The number of likely N-dealkylation sites (N-methyl/N-ethyl adjacent to an activating group) is 1. The molecular weight excluding hydrogens is 364 g/mol. The van der Waals surface area contributed by atoms with Crippen molar-refractivity contribution in [2.24, 2.45) is 23.3 Å². The third kappa shape index (κ3) is 9.73. The van der Waals surface area contributed by atoms with Crippen LogP contribution in [0.25, 0.3) is 0 Å². The number of carboxylic acid groups (broad SMARTS) is 1. The van der Waals surface area contributed by atoms with E-state index in [1.165, 1.54) is 11.9 Å². The van der Waals surface area contributed by atoms with Gasteiger partial charge in [0.25, 0.3) is 0 Å². The number of aliphatic hydroxyl groups excluding tert-OH is 2. The second kappa shape index (κ2) is 11.9. The van der Waals surface area contributed by atoms with Crippen molar-refractivity contribution >= 4 is 34.9 Å². The summed E-state index contributed by atoms with van der Waals surface area (Å²) < 4.78 is 0. The number of nitrogens with zero attached hydrogens (tertiary/aromatic N) is 1. The average molecular weight is 392 g/mol. The first-order valence-electron chi connectivity index (χ1n) is 8.06. The highest BCUT2D eigenvalue weighted by Gasteiger charge is 2.26. The first-order chi connectivity index (χ1) is 12.0. The number of carbonyl (C=O) groups is 3. The van der Waals surface area contributed by atoms with Crippen LogP contribution in [0.2, 0.25) is 0 Å². The van der Waals surface area contributed by atoms with Crippen molar-refractivity contribution in [3.05, 3.63) is 0 Å². The minimum Gasteiger partial charge on any atom is -0.481 e. The third-order valence-corrected chi connectivity index (χ3v) is 4.07. The molecule has 0 bridgehead atoms. The zero-order valence-corrected chi connectivity index (χ0v) is 15.7. The van der Waals surface area contributed by atoms with Crippen LogP contribution in [-0.4, -0.2) is 75.3 Å². The first-order valence-corrected chi connectivity index (χ1v) is 8.47. The SMILES string of the molecule is CC(O)[C@@H](N)CN(C)NC(=O)[C@@H](CC(N)=O)CC(=S)C[C@H](CO)C(=O)O. The van der Waals surface area contributed by atoms with Crippen LogP contribution in [0.3, 0.4) is 0 Å². The molecule has 0 spiro atoms. The summed E-state index contributed by atoms with van der Waals surface area (Å²) in [7, 11) is 1.55. The van der Waals surface area contributed by atoms with Crippen molar-refractivity contribution < 1.29 is 29.7 Å². The first kappa shape index (κ1) is 24.3. The molecule has 0 aliphatic rings. The van der Waals surface area contributed by atoms with E-state index >= 15 is 0 Å². The summed E-state index contributed by atoms with van der Waals surface area (Å²) in [5, 5.41) is 28.8. The monoisotopic (exact) mass is 392 g/mol. The van der Waals surface area contributed by atoms with Gasteiger partial charge in [0, 0.05) is 26.1 Å². The molecule has 0 saturated carbocycles. The van der Waals surface area contributed by atoms with Crippen LogP contribution < -0.4 is 16.9 Å². The van der Waals surface area contributed by atoms with E-state index in [0.717, 1.165) is 0 Å². The highest BCUT2D eigenvalue weighted by Crippen LogP contribution is 2.15. The molecule has 0 aromatic rings. The van der Waals surface area contributed by atoms with E-state index in [1.54, 1.807) is 7.05 Å². The van der Waals surface area contributed by atoms with Gasteiger partial charge in [-0.2, -0.15) is 0 Å². The lowest BCUT2D eigenvalue weighted by Gasteiger charge is -2.26. The predicted molar refractivity (Wildman–Crippen MR) is 97.8 cm³/mol. The highest BCUT2D eigenvalue weighted by molar-refractivity contribution is 7.80. The van der Waals surface area contributed by atoms with E-state index in [-0.39, 0.29) is 30.7 Å². The van der Waals surface area contributed by atoms with Crippen LogP contribution in [0.15, 0.2) is 0 Å². The molecule has 0 aromatic carbocycles. The Labute approximate surface area is 157 Å². The van der Waals surface area contributed by atoms with Crippen molar-refractivity contribution in [3.8, 4) is 0 Å². The standard InChI is InChI=1S/C15H28N4O6S/c1-8(21)12(16)6-19(2)18-14(23)9(5-13(17)22)3-11(26)4-10(7-20)15(24)25/h8-10,12,20-21H,3-7,16H2,1-2H3,(H2,17,22)(H,18,23)(H,24,25)/t8?,9-,10-,12+/m1/s1. The van der Waals surface area contributed by atoms with E-state index in [9.17, 15) is 19.5 Å². The van der Waals surface area contributed by atoms with Crippen LogP contribution in [0, 0.1) is 11.8 Å². The van der Waals surface area contributed by atoms with Crippen molar-refractivity contribution in [2.45, 2.75) is 38.3 Å². The van der Waals surface area contributed by atoms with E-state index in [4.69, 9.17) is 33.9 Å². The van der Waals surface area contributed by atoms with Gasteiger partial charge in [0.05, 0.1) is 24.5 Å². The largest absolute Gasteiger partial charge is 0.481 e. The number of amides is 2. The molecule has 0 radical (unpaired) electrons. The molecule has 150 valence electrons. The summed E-state index contributed by atoms with van der Waals surface area (Å²) in [5.41, 5.74) is 13.4. The maximum Gasteiger partial charge on any atom is 0.309 e. The number of carboxylic acids is 1. The van der Waals surface area contributed by atoms with Gasteiger partial charge in [0.15, 0.2) is 0 Å². The number of nitrogens with one attached hydrogen (secondary N) is 1. The quantitative estimate of drug-likeness (QED) is 0.152. The number of aliphatic carboxylic acids is 1. The number of thiocarbonyl (C=S) groups is 1. The van der Waals surface area contributed by atoms with Gasteiger partial charge in [-0.25, -0.2) is 5.01 Å². The summed E-state index contributed by atoms with van der Waals surface area (Å²) in [6.07, 6.45) is -1.15. The Morgan fingerprint density at radius 1 is 1.19 bits per heavy atom. The number of hydrogen-bond donors (Lipinski definition) is 6. The van der Waals surface area contributed by atoms with E-state index in [1.807, 2.05) is 0 Å². The minimum atomic E-state index is -1.20. The number of rotatable bonds is 13. The Kier molecular flexibility index (Phi) is 11.1. The van der Waals surface area contributed by atoms with E-state index in [2.05, 4.69) is 5.43 Å². The Hall–Kier alpha value is -1.66. The smallest absolute Gasteiger partial charge is 0.309 e. The van der Waals surface area contributed by atoms with Gasteiger partial charge < -0.3 is 26.8 Å². The van der Waals surface area contributed by atoms with Gasteiger partial charge in [0.2, 0.25) is 11.8 Å². The fourth-order valence-corrected chi connectivity index (χ4v) is 2.56. The van der Waals surface area contributed by atoms with Crippen LogP contribution in [0.5, 0.6) is 0 Å². The molecule has 0 rings (SSSR count). The molecule has 0 aliphatic heterocycles. The Balaban J connectivity index is 4.86. The normalized spacial score (nSPS) is 15.8. The van der Waals surface area contributed by atoms with Crippen molar-refractivity contribution in [2.75, 3.05) is 20.2 Å². The Bertz CT molecular complexity index is 516. The molecule has 4 atom stereocenters. The number of hydrogen-bond acceptors (Lipinski definition) is 8. The maximum absolute atomic E-state index is 12.4. The average Bonchev–Trinajstić information content (AvgIpc) is 2.50. The second-order valence-electron chi connectivity index (χ2n) is 6.29. The van der Waals surface area contributed by atoms with Crippen LogP contribution in [0.1, 0.15) is 26.2 Å². The zero-order valence-electron chi connectivity index (χ0n) is 14.9. The molecule has 0 saturated heterocycles. The summed E-state index contributed by atoms with van der Waals surface area (Å²) >= 11 is 5.11. The van der Waals surface area contributed by atoms with E-state index < -0.39 is 48.4 Å². The highest BCUT2D eigenvalue weighted by atomic mass is 32.1. The van der Waals surface area contributed by atoms with Crippen LogP contribution >= 0.6 is 12.2 Å². The minimum absolute atomic E-state index is 0.0236. The molecule has 2 amide bonds. The molecule has 1 unspecified atom stereocenters. The number of aliphatic hydroxyl groups is 2. The Morgan fingerprint density at radius 2 is 1.73 bits per heavy atom. The molecule has 0 fully saturated rings. The summed E-state index contributed by atoms with van der Waals surface area (Å²) in [6, 6.07) is -0.586. The maximum atomic E-state index is 12.4. The molecule has 0 aliphatic carbocycles. The lowest BCUT2D eigenvalue weighted by atomic mass is 9.93. The molecule has 10 nitrogen and oxygen atoms in total. The second-order valence-corrected chi connectivity index (χ2v) is 6.87. The van der Waals surface area contributed by atoms with E-state index in [0.29, 0.717) is 0 Å². The Morgan fingerprint density at radius 3 is 2.15 bits per heavy atom. The van der Waals surface area contributed by atoms with Crippen molar-refractivity contribution in [1.29, 1.82) is 0 Å². The summed E-state index contributed by atoms with van der Waals surface area (Å²) in [6.45, 7) is 1.11. The third-order valence-electron chi connectivity index (χ3n) is 3.74. The van der Waals surface area contributed by atoms with Gasteiger partial charge in [0.1, 0.15) is 0 Å². The molecule has 0 aromatic heterocycles. The number of primary amides is 1. The number of hydrazine groups is 1. The fraction of sp³-hybridized carbons (Fsp3) is 0.733. The fourth-order valence-electron chi connectivity index (χ4n) is 2.16. The number of carbonyl (C=O) groups excluding carboxylic acids is 2. The lowest BCUT2D eigenvalue weighted by molar-refractivity contribution is -0.142. The molecule has 26 heavy (non-hydrogen) atoms. The van der Waals surface area contributed by atoms with Gasteiger partial charge >= 0.3 is 5.97 Å². The van der Waals surface area contributed by atoms with Crippen LogP contribution in [0.4, 0.5) is 0 Å². The predicted octanol–water partition coefficient (Wildman–Crippen LogP) is -2.01. The van der Waals surface area contributed by atoms with Crippen molar-refractivity contribution in [3.63, 3.8) is 0 Å². The lowest BCUT2D eigenvalue weighted by Crippen LogP contribution is -2.50. The van der Waals surface area contributed by atoms with Crippen LogP contribution in [-0.2, 0) is 14.4 Å². The van der Waals surface area contributed by atoms with Crippen molar-refractivity contribution in [1.82, 2.24) is 10.4 Å². The molecule has 0 heterocycles.